The minimum Gasteiger partial charge on any atom is -0.202 e. The van der Waals surface area contributed by atoms with Gasteiger partial charge in [-0.25, -0.2) is 4.72 Å². The highest BCUT2D eigenvalue weighted by Gasteiger charge is 2.36. The SMILES string of the molecule is CC1CCCCN1S(=O)(=O)NCC1(CCl)CCCC1. The quantitative estimate of drug-likeness (QED) is 0.793. The van der Waals surface area contributed by atoms with Crippen LogP contribution in [-0.2, 0) is 10.2 Å². The van der Waals surface area contributed by atoms with Gasteiger partial charge in [-0.2, -0.15) is 12.7 Å². The van der Waals surface area contributed by atoms with Gasteiger partial charge >= 0.3 is 0 Å². The normalized spacial score (nSPS) is 28.6. The van der Waals surface area contributed by atoms with Crippen molar-refractivity contribution in [1.82, 2.24) is 9.03 Å². The Morgan fingerprint density at radius 2 is 1.95 bits per heavy atom. The van der Waals surface area contributed by atoms with Crippen molar-refractivity contribution >= 4 is 21.8 Å². The number of nitrogens with zero attached hydrogens (tertiary/aromatic N) is 1. The number of halogens is 1. The van der Waals surface area contributed by atoms with Crippen molar-refractivity contribution < 1.29 is 8.42 Å². The molecule has 112 valence electrons. The zero-order chi connectivity index (χ0) is 13.9. The van der Waals surface area contributed by atoms with Crippen LogP contribution in [0.4, 0.5) is 0 Å². The Kier molecular flexibility index (Phi) is 5.15. The molecule has 1 aliphatic carbocycles. The molecule has 0 aromatic carbocycles. The van der Waals surface area contributed by atoms with Crippen LogP contribution in [0.5, 0.6) is 0 Å². The van der Waals surface area contributed by atoms with Crippen molar-refractivity contribution in [3.8, 4) is 0 Å². The summed E-state index contributed by atoms with van der Waals surface area (Å²) in [4.78, 5) is 0. The molecule has 1 atom stereocenters. The fourth-order valence-electron chi connectivity index (χ4n) is 3.24. The Hall–Kier alpha value is 0.160. The van der Waals surface area contributed by atoms with Crippen LogP contribution in [0.2, 0.25) is 0 Å². The number of piperidine rings is 1. The maximum atomic E-state index is 12.4. The molecular formula is C13H25ClN2O2S. The van der Waals surface area contributed by atoms with Gasteiger partial charge in [0.2, 0.25) is 0 Å². The molecule has 1 saturated heterocycles. The number of alkyl halides is 1. The molecule has 2 rings (SSSR count). The summed E-state index contributed by atoms with van der Waals surface area (Å²) in [6.07, 6.45) is 7.44. The third kappa shape index (κ3) is 3.63. The van der Waals surface area contributed by atoms with E-state index >= 15 is 0 Å². The van der Waals surface area contributed by atoms with Crippen LogP contribution in [0.3, 0.4) is 0 Å². The number of hydrogen-bond acceptors (Lipinski definition) is 2. The molecule has 0 bridgehead atoms. The highest BCUT2D eigenvalue weighted by molar-refractivity contribution is 7.87. The molecule has 19 heavy (non-hydrogen) atoms. The van der Waals surface area contributed by atoms with Crippen LogP contribution in [-0.4, -0.2) is 37.7 Å². The van der Waals surface area contributed by atoms with Gasteiger partial charge in [0.05, 0.1) is 0 Å². The van der Waals surface area contributed by atoms with Crippen molar-refractivity contribution in [2.75, 3.05) is 19.0 Å². The third-order valence-corrected chi connectivity index (χ3v) is 6.86. The largest absolute Gasteiger partial charge is 0.279 e. The molecule has 0 aromatic rings. The van der Waals surface area contributed by atoms with E-state index in [1.807, 2.05) is 6.92 Å². The van der Waals surface area contributed by atoms with Crippen LogP contribution >= 0.6 is 11.6 Å². The topological polar surface area (TPSA) is 49.4 Å². The van der Waals surface area contributed by atoms with Gasteiger partial charge in [0.1, 0.15) is 0 Å². The predicted octanol–water partition coefficient (Wildman–Crippen LogP) is 2.49. The lowest BCUT2D eigenvalue weighted by Crippen LogP contribution is -2.50. The van der Waals surface area contributed by atoms with Gasteiger partial charge in [-0.05, 0) is 38.0 Å². The molecule has 6 heteroatoms. The Morgan fingerprint density at radius 1 is 1.26 bits per heavy atom. The monoisotopic (exact) mass is 308 g/mol. The van der Waals surface area contributed by atoms with Gasteiger partial charge < -0.3 is 0 Å². The maximum absolute atomic E-state index is 12.4. The van der Waals surface area contributed by atoms with Gasteiger partial charge in [0.25, 0.3) is 10.2 Å². The molecule has 0 spiro atoms. The molecule has 0 amide bonds. The summed E-state index contributed by atoms with van der Waals surface area (Å²) in [6.45, 7) is 3.12. The highest BCUT2D eigenvalue weighted by atomic mass is 35.5. The fraction of sp³-hybridized carbons (Fsp3) is 1.00. The van der Waals surface area contributed by atoms with E-state index in [9.17, 15) is 8.42 Å². The smallest absolute Gasteiger partial charge is 0.202 e. The van der Waals surface area contributed by atoms with Crippen molar-refractivity contribution in [1.29, 1.82) is 0 Å². The lowest BCUT2D eigenvalue weighted by atomic mass is 9.89. The van der Waals surface area contributed by atoms with E-state index < -0.39 is 10.2 Å². The molecule has 0 radical (unpaired) electrons. The summed E-state index contributed by atoms with van der Waals surface area (Å²) >= 11 is 6.06. The summed E-state index contributed by atoms with van der Waals surface area (Å²) in [6, 6.07) is 0.113. The molecule has 2 fully saturated rings. The van der Waals surface area contributed by atoms with Crippen molar-refractivity contribution in [2.45, 2.75) is 57.9 Å². The van der Waals surface area contributed by atoms with Crippen LogP contribution in [0.25, 0.3) is 0 Å². The van der Waals surface area contributed by atoms with Gasteiger partial charge in [0, 0.05) is 25.0 Å². The van der Waals surface area contributed by atoms with Gasteiger partial charge in [-0.1, -0.05) is 19.3 Å². The molecule has 1 heterocycles. The van der Waals surface area contributed by atoms with Crippen LogP contribution in [0, 0.1) is 5.41 Å². The molecule has 0 aromatic heterocycles. The maximum Gasteiger partial charge on any atom is 0.279 e. The first-order chi connectivity index (χ1) is 8.99. The van der Waals surface area contributed by atoms with E-state index in [0.717, 1.165) is 44.9 Å². The second-order valence-corrected chi connectivity index (χ2v) is 8.10. The fourth-order valence-corrected chi connectivity index (χ4v) is 5.20. The van der Waals surface area contributed by atoms with E-state index in [1.54, 1.807) is 4.31 Å². The van der Waals surface area contributed by atoms with Gasteiger partial charge in [-0.15, -0.1) is 11.6 Å². The minimum atomic E-state index is -3.34. The van der Waals surface area contributed by atoms with Gasteiger partial charge in [0.15, 0.2) is 0 Å². The van der Waals surface area contributed by atoms with Crippen molar-refractivity contribution in [3.05, 3.63) is 0 Å². The lowest BCUT2D eigenvalue weighted by molar-refractivity contribution is 0.260. The summed E-state index contributed by atoms with van der Waals surface area (Å²) in [5.41, 5.74) is -0.0202. The zero-order valence-corrected chi connectivity index (χ0v) is 13.3. The second-order valence-electron chi connectivity index (χ2n) is 6.12. The summed E-state index contributed by atoms with van der Waals surface area (Å²) in [7, 11) is -3.34. The predicted molar refractivity (Wildman–Crippen MR) is 78.6 cm³/mol. The Balaban J connectivity index is 1.97. The highest BCUT2D eigenvalue weighted by Crippen LogP contribution is 2.38. The first-order valence-corrected chi connectivity index (χ1v) is 9.29. The Labute approximate surface area is 122 Å². The Bertz CT molecular complexity index is 393. The zero-order valence-electron chi connectivity index (χ0n) is 11.7. The summed E-state index contributed by atoms with van der Waals surface area (Å²) in [5.74, 6) is 0.547. The first-order valence-electron chi connectivity index (χ1n) is 7.32. The number of rotatable bonds is 5. The van der Waals surface area contributed by atoms with E-state index in [4.69, 9.17) is 11.6 Å². The molecular weight excluding hydrogens is 284 g/mol. The summed E-state index contributed by atoms with van der Waals surface area (Å²) < 4.78 is 29.2. The number of nitrogens with one attached hydrogen (secondary N) is 1. The Morgan fingerprint density at radius 3 is 2.53 bits per heavy atom. The first kappa shape index (κ1) is 15.5. The van der Waals surface area contributed by atoms with Crippen LogP contribution in [0.15, 0.2) is 0 Å². The van der Waals surface area contributed by atoms with E-state index in [0.29, 0.717) is 19.0 Å². The minimum absolute atomic E-state index is 0.0202. The van der Waals surface area contributed by atoms with E-state index in [2.05, 4.69) is 4.72 Å². The second kappa shape index (κ2) is 6.29. The average molecular weight is 309 g/mol. The molecule has 2 aliphatic rings. The van der Waals surface area contributed by atoms with Gasteiger partial charge in [-0.3, -0.25) is 0 Å². The van der Waals surface area contributed by atoms with Crippen LogP contribution < -0.4 is 4.72 Å². The third-order valence-electron chi connectivity index (χ3n) is 4.63. The average Bonchev–Trinajstić information content (AvgIpc) is 2.86. The summed E-state index contributed by atoms with van der Waals surface area (Å²) in [5, 5.41) is 0. The van der Waals surface area contributed by atoms with Crippen LogP contribution in [0.1, 0.15) is 51.9 Å². The molecule has 1 saturated carbocycles. The van der Waals surface area contributed by atoms with Crippen molar-refractivity contribution in [3.63, 3.8) is 0 Å². The standard InChI is InChI=1S/C13H25ClN2O2S/c1-12-6-2-5-9-16(12)19(17,18)15-11-13(10-14)7-3-4-8-13/h12,15H,2-11H2,1H3. The molecule has 1 unspecified atom stereocenters. The molecule has 1 aliphatic heterocycles. The molecule has 4 nitrogen and oxygen atoms in total. The lowest BCUT2D eigenvalue weighted by Gasteiger charge is -2.34. The number of hydrogen-bond donors (Lipinski definition) is 1. The molecule has 1 N–H and O–H groups in total. The van der Waals surface area contributed by atoms with E-state index in [-0.39, 0.29) is 11.5 Å². The van der Waals surface area contributed by atoms with E-state index in [1.165, 1.54) is 0 Å². The van der Waals surface area contributed by atoms with Crippen molar-refractivity contribution in [2.24, 2.45) is 5.41 Å².